The number of halogens is 2. The summed E-state index contributed by atoms with van der Waals surface area (Å²) in [7, 11) is 0. The van der Waals surface area contributed by atoms with Crippen molar-refractivity contribution in [3.8, 4) is 16.9 Å². The third-order valence-corrected chi connectivity index (χ3v) is 4.80. The van der Waals surface area contributed by atoms with E-state index in [4.69, 9.17) is 0 Å². The van der Waals surface area contributed by atoms with Crippen LogP contribution < -0.4 is 0 Å². The summed E-state index contributed by atoms with van der Waals surface area (Å²) in [4.78, 5) is 3.25. The fourth-order valence-electron chi connectivity index (χ4n) is 3.33. The summed E-state index contributed by atoms with van der Waals surface area (Å²) in [6, 6.07) is 23.0. The van der Waals surface area contributed by atoms with Crippen molar-refractivity contribution < 1.29 is 25.1 Å². The molecule has 1 N–H and O–H groups in total. The van der Waals surface area contributed by atoms with Crippen LogP contribution in [0.2, 0.25) is 0 Å². The first-order valence-corrected chi connectivity index (χ1v) is 10.6. The van der Waals surface area contributed by atoms with Gasteiger partial charge in [0.1, 0.15) is 5.75 Å². The minimum absolute atomic E-state index is 0. The summed E-state index contributed by atoms with van der Waals surface area (Å²) in [5.74, 6) is 0.361. The molecule has 1 nitrogen and oxygen atoms in total. The van der Waals surface area contributed by atoms with E-state index in [0.29, 0.717) is 5.75 Å². The molecule has 0 aromatic heterocycles. The number of phenolic OH excluding ortho intramolecular Hbond substituents is 1. The Morgan fingerprint density at radius 3 is 2.13 bits per heavy atom. The topological polar surface area (TPSA) is 20.2 Å². The van der Waals surface area contributed by atoms with Gasteiger partial charge in [0, 0.05) is 0 Å². The van der Waals surface area contributed by atoms with Crippen molar-refractivity contribution in [3.05, 3.63) is 83.4 Å². The van der Waals surface area contributed by atoms with Crippen molar-refractivity contribution in [2.45, 2.75) is 40.0 Å². The van der Waals surface area contributed by atoms with E-state index >= 15 is 0 Å². The molecule has 0 saturated heterocycles. The molecule has 0 fully saturated rings. The zero-order valence-electron chi connectivity index (χ0n) is 18.3. The van der Waals surface area contributed by atoms with E-state index in [9.17, 15) is 5.11 Å². The Hall–Kier alpha value is -1.51. The van der Waals surface area contributed by atoms with Gasteiger partial charge in [-0.1, -0.05) is 68.8 Å². The molecule has 0 atom stereocenters. The van der Waals surface area contributed by atoms with Crippen LogP contribution in [0.1, 0.15) is 37.5 Å². The third kappa shape index (κ3) is 7.03. The molecule has 4 rings (SSSR count). The predicted molar refractivity (Wildman–Crippen MR) is 134 cm³/mol. The SMILES string of the molecule is C[c-]1cccc2c3ccccc3cc1-2.Cc1cc(O)cc(C(C)(C)C)c1.Cl.Cl.[CH2]=[Ti+]. The first-order chi connectivity index (χ1) is 13.3. The third-order valence-electron chi connectivity index (χ3n) is 4.80. The van der Waals surface area contributed by atoms with E-state index in [1.807, 2.05) is 13.0 Å². The Labute approximate surface area is 205 Å². The fourth-order valence-corrected chi connectivity index (χ4v) is 3.33. The zero-order chi connectivity index (χ0) is 20.9. The van der Waals surface area contributed by atoms with Crippen LogP contribution >= 0.6 is 24.8 Å². The Morgan fingerprint density at radius 2 is 1.53 bits per heavy atom. The number of aromatic hydroxyl groups is 1. The van der Waals surface area contributed by atoms with Gasteiger partial charge in [-0.3, -0.25) is 0 Å². The van der Waals surface area contributed by atoms with Crippen LogP contribution in [0.5, 0.6) is 5.75 Å². The number of phenols is 1. The molecule has 0 bridgehead atoms. The van der Waals surface area contributed by atoms with Gasteiger partial charge in [0.05, 0.1) is 0 Å². The van der Waals surface area contributed by atoms with Crippen LogP contribution in [0.25, 0.3) is 21.9 Å². The van der Waals surface area contributed by atoms with Crippen molar-refractivity contribution in [2.24, 2.45) is 0 Å². The number of benzene rings is 3. The summed E-state index contributed by atoms with van der Waals surface area (Å²) in [5, 5.41) is 12.1. The molecule has 2 aromatic rings. The molecule has 2 aliphatic carbocycles. The van der Waals surface area contributed by atoms with Gasteiger partial charge in [-0.25, -0.2) is 0 Å². The van der Waals surface area contributed by atoms with Crippen molar-refractivity contribution >= 4 is 40.4 Å². The van der Waals surface area contributed by atoms with Crippen LogP contribution in [0.3, 0.4) is 0 Å². The summed E-state index contributed by atoms with van der Waals surface area (Å²) in [6.07, 6.45) is 0. The molecule has 2 aliphatic rings. The minimum atomic E-state index is 0. The van der Waals surface area contributed by atoms with Gasteiger partial charge in [0.25, 0.3) is 0 Å². The van der Waals surface area contributed by atoms with Crippen LogP contribution in [0.15, 0.2) is 66.7 Å². The van der Waals surface area contributed by atoms with Crippen LogP contribution in [-0.4, -0.2) is 9.92 Å². The van der Waals surface area contributed by atoms with Crippen LogP contribution in [0, 0.1) is 13.8 Å². The van der Waals surface area contributed by atoms with Gasteiger partial charge >= 0.3 is 24.8 Å². The summed E-state index contributed by atoms with van der Waals surface area (Å²) >= 11 is 1.75. The average Bonchev–Trinajstić information content (AvgIpc) is 3.03. The molecule has 4 heteroatoms. The van der Waals surface area contributed by atoms with E-state index in [-0.39, 0.29) is 30.2 Å². The van der Waals surface area contributed by atoms with Gasteiger partial charge in [-0.2, -0.15) is 0 Å². The van der Waals surface area contributed by atoms with Crippen molar-refractivity contribution in [3.63, 3.8) is 0 Å². The maximum absolute atomic E-state index is 9.36. The molecule has 0 unspecified atom stereocenters. The van der Waals surface area contributed by atoms with Crippen molar-refractivity contribution in [1.82, 2.24) is 0 Å². The molecule has 0 aliphatic heterocycles. The molecule has 0 radical (unpaired) electrons. The summed E-state index contributed by atoms with van der Waals surface area (Å²) in [6.45, 7) is 10.6. The first-order valence-electron chi connectivity index (χ1n) is 9.46. The number of rotatable bonds is 0. The monoisotopic (exact) mass is 477 g/mol. The van der Waals surface area contributed by atoms with E-state index in [1.54, 1.807) is 26.0 Å². The fraction of sp³-hybridized carbons (Fsp3) is 0.231. The molecule has 0 saturated carbocycles. The first kappa shape index (κ1) is 28.5. The second-order valence-corrected chi connectivity index (χ2v) is 8.07. The van der Waals surface area contributed by atoms with Crippen molar-refractivity contribution in [1.29, 1.82) is 0 Å². The van der Waals surface area contributed by atoms with Crippen molar-refractivity contribution in [2.75, 3.05) is 0 Å². The Kier molecular flexibility index (Phi) is 11.8. The zero-order valence-corrected chi connectivity index (χ0v) is 21.5. The molecule has 2 aromatic carbocycles. The van der Waals surface area contributed by atoms with Gasteiger partial charge < -0.3 is 5.11 Å². The van der Waals surface area contributed by atoms with Gasteiger partial charge in [0.15, 0.2) is 0 Å². The molecule has 159 valence electrons. The standard InChI is InChI=1S/C14H11.C11H16O.CH2.2ClH.Ti/c1-10-5-4-8-13-12-7-3-2-6-11(12)9-14(10)13;1-8-5-9(11(2,3)4)7-10(12)6-8;;;;/h2-9H,1H3;5-7,12H,1-4H3;1H2;2*1H;/q-1;;;;;+1. The van der Waals surface area contributed by atoms with Gasteiger partial charge in [-0.05, 0) is 35.6 Å². The average molecular weight is 478 g/mol. The molecular weight excluding hydrogens is 447 g/mol. The maximum atomic E-state index is 9.36. The van der Waals surface area contributed by atoms with Crippen LogP contribution in [0.4, 0.5) is 0 Å². The normalized spacial score (nSPS) is 10.1. The summed E-state index contributed by atoms with van der Waals surface area (Å²) < 4.78 is 0. The number of fused-ring (bicyclic) bond motifs is 3. The number of hydrogen-bond acceptors (Lipinski definition) is 1. The summed E-state index contributed by atoms with van der Waals surface area (Å²) in [5.41, 5.74) is 6.52. The second-order valence-electron chi connectivity index (χ2n) is 8.07. The van der Waals surface area contributed by atoms with E-state index in [0.717, 1.165) is 5.56 Å². The molecule has 0 spiro atoms. The van der Waals surface area contributed by atoms with E-state index < -0.39 is 0 Å². The molecule has 30 heavy (non-hydrogen) atoms. The Balaban J connectivity index is 0.000000494. The Morgan fingerprint density at radius 1 is 0.900 bits per heavy atom. The Bertz CT molecular complexity index is 1010. The quantitative estimate of drug-likeness (QED) is 0.202. The van der Waals surface area contributed by atoms with Gasteiger partial charge in [-0.15, -0.1) is 65.8 Å². The molecule has 0 heterocycles. The number of hydrogen-bond donors (Lipinski definition) is 1. The second kappa shape index (κ2) is 12.4. The van der Waals surface area contributed by atoms with E-state index in [2.05, 4.69) is 87.1 Å². The number of aryl methyl sites for hydroxylation is 2. The molecule has 0 amide bonds. The predicted octanol–water partition coefficient (Wildman–Crippen LogP) is 7.78. The van der Waals surface area contributed by atoms with Gasteiger partial charge in [0.2, 0.25) is 0 Å². The van der Waals surface area contributed by atoms with Crippen LogP contribution in [-0.2, 0) is 25.4 Å². The molecular formula is C26H31Cl2OTi. The van der Waals surface area contributed by atoms with E-state index in [1.165, 1.54) is 33.0 Å².